The van der Waals surface area contributed by atoms with Crippen LogP contribution in [0.5, 0.6) is 0 Å². The van der Waals surface area contributed by atoms with Crippen LogP contribution < -0.4 is 0 Å². The van der Waals surface area contributed by atoms with Gasteiger partial charge in [-0.15, -0.1) is 0 Å². The van der Waals surface area contributed by atoms with Gasteiger partial charge in [0.1, 0.15) is 18.3 Å². The molecule has 0 radical (unpaired) electrons. The second-order valence-corrected chi connectivity index (χ2v) is 4.07. The third kappa shape index (κ3) is 2.97. The predicted molar refractivity (Wildman–Crippen MR) is 40.9 cm³/mol. The molecule has 14 heavy (non-hydrogen) atoms. The van der Waals surface area contributed by atoms with Crippen molar-refractivity contribution in [1.29, 1.82) is 0 Å². The Bertz CT molecular complexity index is 238. The fourth-order valence-electron chi connectivity index (χ4n) is 1.04. The second kappa shape index (κ2) is 4.21. The fraction of sp³-hybridized carbons (Fsp3) is 1.00. The molecule has 1 rings (SSSR count). The molecule has 4 atom stereocenters. The standard InChI is InChI=1S/C5H11O8P/c6-3-2(1-12-14(9,10)11)13-5(8)4(3)7/h2-8H,1H2,(H2,9,10,11)/t2-,3+,4?,5?/m0/s1. The van der Waals surface area contributed by atoms with E-state index >= 15 is 0 Å². The molecule has 5 N–H and O–H groups in total. The summed E-state index contributed by atoms with van der Waals surface area (Å²) in [5.74, 6) is 0. The summed E-state index contributed by atoms with van der Waals surface area (Å²) in [6.45, 7) is -0.612. The molecule has 1 fully saturated rings. The minimum Gasteiger partial charge on any atom is -0.387 e. The third-order valence-corrected chi connectivity index (χ3v) is 2.23. The van der Waals surface area contributed by atoms with E-state index in [-0.39, 0.29) is 0 Å². The lowest BCUT2D eigenvalue weighted by Gasteiger charge is -2.14. The molecule has 8 nitrogen and oxygen atoms in total. The highest BCUT2D eigenvalue weighted by molar-refractivity contribution is 7.46. The summed E-state index contributed by atoms with van der Waals surface area (Å²) in [6, 6.07) is 0. The predicted octanol–water partition coefficient (Wildman–Crippen LogP) is -2.47. The number of hydrogen-bond acceptors (Lipinski definition) is 6. The molecule has 1 aliphatic heterocycles. The monoisotopic (exact) mass is 230 g/mol. The Kier molecular flexibility index (Phi) is 3.62. The van der Waals surface area contributed by atoms with E-state index in [0.717, 1.165) is 0 Å². The van der Waals surface area contributed by atoms with Crippen LogP contribution in [0.3, 0.4) is 0 Å². The first-order chi connectivity index (χ1) is 6.31. The van der Waals surface area contributed by atoms with Crippen LogP contribution in [-0.2, 0) is 13.8 Å². The first-order valence-corrected chi connectivity index (χ1v) is 5.24. The zero-order valence-corrected chi connectivity index (χ0v) is 7.82. The van der Waals surface area contributed by atoms with Gasteiger partial charge < -0.3 is 29.8 Å². The van der Waals surface area contributed by atoms with Crippen molar-refractivity contribution in [3.8, 4) is 0 Å². The molecular weight excluding hydrogens is 219 g/mol. The lowest BCUT2D eigenvalue weighted by molar-refractivity contribution is -0.132. The molecule has 1 aliphatic rings. The normalized spacial score (nSPS) is 38.9. The van der Waals surface area contributed by atoms with Crippen LogP contribution in [0, 0.1) is 0 Å². The number of hydrogen-bond donors (Lipinski definition) is 5. The Morgan fingerprint density at radius 1 is 1.21 bits per heavy atom. The number of aliphatic hydroxyl groups is 3. The maximum Gasteiger partial charge on any atom is 0.469 e. The van der Waals surface area contributed by atoms with Crippen molar-refractivity contribution in [2.45, 2.75) is 24.6 Å². The molecule has 0 aliphatic carbocycles. The molecule has 2 unspecified atom stereocenters. The maximum atomic E-state index is 10.3. The van der Waals surface area contributed by atoms with Gasteiger partial charge in [-0.25, -0.2) is 4.57 Å². The number of aliphatic hydroxyl groups excluding tert-OH is 3. The van der Waals surface area contributed by atoms with E-state index < -0.39 is 39.0 Å². The van der Waals surface area contributed by atoms with Crippen molar-refractivity contribution < 1.29 is 38.9 Å². The van der Waals surface area contributed by atoms with Gasteiger partial charge in [0.15, 0.2) is 6.29 Å². The van der Waals surface area contributed by atoms with E-state index in [1.807, 2.05) is 0 Å². The Hall–Kier alpha value is -0.0500. The minimum absolute atomic E-state index is 0.612. The van der Waals surface area contributed by atoms with Crippen molar-refractivity contribution in [3.63, 3.8) is 0 Å². The summed E-state index contributed by atoms with van der Waals surface area (Å²) in [4.78, 5) is 16.6. The largest absolute Gasteiger partial charge is 0.469 e. The first-order valence-electron chi connectivity index (χ1n) is 3.71. The Morgan fingerprint density at radius 2 is 1.79 bits per heavy atom. The number of ether oxygens (including phenoxy) is 1. The van der Waals surface area contributed by atoms with Crippen LogP contribution in [-0.4, -0.2) is 56.3 Å². The molecule has 9 heteroatoms. The molecule has 0 saturated carbocycles. The van der Waals surface area contributed by atoms with Crippen molar-refractivity contribution in [2.75, 3.05) is 6.61 Å². The van der Waals surface area contributed by atoms with Gasteiger partial charge >= 0.3 is 7.82 Å². The smallest absolute Gasteiger partial charge is 0.387 e. The lowest BCUT2D eigenvalue weighted by atomic mass is 10.1. The second-order valence-electron chi connectivity index (χ2n) is 2.83. The van der Waals surface area contributed by atoms with E-state index in [4.69, 9.17) is 25.1 Å². The maximum absolute atomic E-state index is 10.3. The molecule has 1 heterocycles. The summed E-state index contributed by atoms with van der Waals surface area (Å²) >= 11 is 0. The summed E-state index contributed by atoms with van der Waals surface area (Å²) in [7, 11) is -4.64. The number of phosphoric acid groups is 1. The Balaban J connectivity index is 2.44. The quantitative estimate of drug-likeness (QED) is 0.336. The summed E-state index contributed by atoms with van der Waals surface area (Å²) in [6.07, 6.45) is -5.67. The van der Waals surface area contributed by atoms with Crippen LogP contribution in [0.4, 0.5) is 0 Å². The van der Waals surface area contributed by atoms with E-state index in [1.54, 1.807) is 0 Å². The molecule has 0 spiro atoms. The molecular formula is C5H11O8P. The molecule has 0 amide bonds. The molecule has 84 valence electrons. The summed E-state index contributed by atoms with van der Waals surface area (Å²) in [5, 5.41) is 27.0. The van der Waals surface area contributed by atoms with Crippen molar-refractivity contribution in [3.05, 3.63) is 0 Å². The zero-order valence-electron chi connectivity index (χ0n) is 6.92. The third-order valence-electron chi connectivity index (χ3n) is 1.74. The highest BCUT2D eigenvalue weighted by Crippen LogP contribution is 2.36. The molecule has 0 aromatic rings. The van der Waals surface area contributed by atoms with Gasteiger partial charge in [0.2, 0.25) is 0 Å². The van der Waals surface area contributed by atoms with E-state index in [0.29, 0.717) is 0 Å². The topological polar surface area (TPSA) is 137 Å². The number of phosphoric ester groups is 1. The molecule has 0 aromatic carbocycles. The molecule has 0 aromatic heterocycles. The van der Waals surface area contributed by atoms with Gasteiger partial charge in [-0.3, -0.25) is 4.52 Å². The Labute approximate surface area is 78.9 Å². The highest BCUT2D eigenvalue weighted by Gasteiger charge is 2.42. The minimum atomic E-state index is -4.64. The molecule has 1 saturated heterocycles. The highest BCUT2D eigenvalue weighted by atomic mass is 31.2. The van der Waals surface area contributed by atoms with E-state index in [2.05, 4.69) is 9.26 Å². The van der Waals surface area contributed by atoms with Crippen LogP contribution in [0.2, 0.25) is 0 Å². The summed E-state index contributed by atoms with van der Waals surface area (Å²) < 4.78 is 18.9. The average Bonchev–Trinajstić information content (AvgIpc) is 2.28. The molecule has 0 bridgehead atoms. The van der Waals surface area contributed by atoms with Gasteiger partial charge in [0.25, 0.3) is 0 Å². The van der Waals surface area contributed by atoms with Crippen LogP contribution >= 0.6 is 7.82 Å². The first kappa shape index (κ1) is 12.0. The van der Waals surface area contributed by atoms with Gasteiger partial charge in [0, 0.05) is 0 Å². The average molecular weight is 230 g/mol. The van der Waals surface area contributed by atoms with Crippen LogP contribution in [0.25, 0.3) is 0 Å². The van der Waals surface area contributed by atoms with Gasteiger partial charge in [-0.2, -0.15) is 0 Å². The van der Waals surface area contributed by atoms with Crippen LogP contribution in [0.1, 0.15) is 0 Å². The van der Waals surface area contributed by atoms with Gasteiger partial charge in [-0.1, -0.05) is 0 Å². The number of rotatable bonds is 3. The van der Waals surface area contributed by atoms with Crippen molar-refractivity contribution >= 4 is 7.82 Å². The Morgan fingerprint density at radius 3 is 2.14 bits per heavy atom. The van der Waals surface area contributed by atoms with E-state index in [1.165, 1.54) is 0 Å². The SMILES string of the molecule is O=P(O)(O)OC[C@@H]1OC(O)C(O)[C@@H]1O. The van der Waals surface area contributed by atoms with Gasteiger partial charge in [0.05, 0.1) is 6.61 Å². The van der Waals surface area contributed by atoms with Crippen molar-refractivity contribution in [2.24, 2.45) is 0 Å². The summed E-state index contributed by atoms with van der Waals surface area (Å²) in [5.41, 5.74) is 0. The van der Waals surface area contributed by atoms with Gasteiger partial charge in [-0.05, 0) is 0 Å². The fourth-order valence-corrected chi connectivity index (χ4v) is 1.38. The zero-order chi connectivity index (χ0) is 10.9. The van der Waals surface area contributed by atoms with Crippen molar-refractivity contribution in [1.82, 2.24) is 0 Å². The van der Waals surface area contributed by atoms with Crippen LogP contribution in [0.15, 0.2) is 0 Å². The van der Waals surface area contributed by atoms with E-state index in [9.17, 15) is 4.57 Å². The lowest BCUT2D eigenvalue weighted by Crippen LogP contribution is -2.34.